The first-order valence-corrected chi connectivity index (χ1v) is 10.5. The number of hydrogen-bond donors (Lipinski definition) is 0. The summed E-state index contributed by atoms with van der Waals surface area (Å²) >= 11 is 0. The van der Waals surface area contributed by atoms with Gasteiger partial charge in [0, 0.05) is 24.4 Å². The number of nitrogens with zero attached hydrogens (tertiary/aromatic N) is 1. The van der Waals surface area contributed by atoms with Crippen LogP contribution in [0, 0.1) is 0 Å². The molecule has 0 aromatic heterocycles. The largest absolute Gasteiger partial charge is 0.461 e. The Morgan fingerprint density at radius 1 is 0.929 bits per heavy atom. The van der Waals surface area contributed by atoms with Gasteiger partial charge in [-0.3, -0.25) is 9.69 Å². The molecule has 2 rings (SSSR count). The Balaban J connectivity index is 2.23. The number of carbonyl (C=O) groups excluding carboxylic acids is 1. The van der Waals surface area contributed by atoms with Gasteiger partial charge >= 0.3 is 5.97 Å². The average molecular weight is 382 g/mol. The van der Waals surface area contributed by atoms with Crippen LogP contribution in [0.4, 0.5) is 0 Å². The van der Waals surface area contributed by atoms with E-state index in [1.807, 2.05) is 13.0 Å². The van der Waals surface area contributed by atoms with Gasteiger partial charge in [0.2, 0.25) is 0 Å². The lowest BCUT2D eigenvalue weighted by atomic mass is 9.87. The van der Waals surface area contributed by atoms with Crippen molar-refractivity contribution in [3.05, 3.63) is 71.3 Å². The third kappa shape index (κ3) is 6.49. The molecule has 0 saturated carbocycles. The molecule has 28 heavy (non-hydrogen) atoms. The molecule has 0 fully saturated rings. The highest BCUT2D eigenvalue weighted by atomic mass is 16.5. The molecule has 0 bridgehead atoms. The predicted molar refractivity (Wildman–Crippen MR) is 116 cm³/mol. The highest BCUT2D eigenvalue weighted by molar-refractivity contribution is 5.68. The Morgan fingerprint density at radius 3 is 2.18 bits per heavy atom. The maximum atomic E-state index is 11.5. The number of ether oxygens (including phenoxy) is 1. The highest BCUT2D eigenvalue weighted by Crippen LogP contribution is 2.29. The lowest BCUT2D eigenvalue weighted by Crippen LogP contribution is -2.38. The lowest BCUT2D eigenvalue weighted by molar-refractivity contribution is -0.144. The van der Waals surface area contributed by atoms with Crippen LogP contribution in [0.15, 0.2) is 54.6 Å². The first kappa shape index (κ1) is 22.2. The fraction of sp³-hybridized carbons (Fsp3) is 0.480. The molecule has 0 spiro atoms. The van der Waals surface area contributed by atoms with Gasteiger partial charge in [0.15, 0.2) is 0 Å². The Kier molecular flexibility index (Phi) is 8.72. The van der Waals surface area contributed by atoms with Crippen molar-refractivity contribution >= 4 is 5.97 Å². The van der Waals surface area contributed by atoms with E-state index in [4.69, 9.17) is 4.74 Å². The summed E-state index contributed by atoms with van der Waals surface area (Å²) < 4.78 is 5.33. The number of rotatable bonds is 10. The molecule has 0 N–H and O–H groups in total. The van der Waals surface area contributed by atoms with Crippen LogP contribution >= 0.6 is 0 Å². The molecule has 3 nitrogen and oxygen atoms in total. The smallest absolute Gasteiger partial charge is 0.305 e. The molecular formula is C25H35NO2. The van der Waals surface area contributed by atoms with E-state index in [0.717, 1.165) is 18.5 Å². The van der Waals surface area contributed by atoms with Crippen LogP contribution in [0.3, 0.4) is 0 Å². The maximum Gasteiger partial charge on any atom is 0.305 e. The average Bonchev–Trinajstić information content (AvgIpc) is 2.69. The van der Waals surface area contributed by atoms with Crippen molar-refractivity contribution in [1.29, 1.82) is 0 Å². The molecule has 2 aromatic rings. The number of hydrogen-bond acceptors (Lipinski definition) is 3. The first-order chi connectivity index (χ1) is 13.4. The van der Waals surface area contributed by atoms with Crippen LogP contribution in [-0.2, 0) is 16.1 Å². The van der Waals surface area contributed by atoms with Crippen LogP contribution in [0.2, 0.25) is 0 Å². The molecule has 0 amide bonds. The molecule has 3 heteroatoms. The summed E-state index contributed by atoms with van der Waals surface area (Å²) in [6, 6.07) is 20.2. The Bertz CT molecular complexity index is 716. The minimum atomic E-state index is -0.158. The zero-order chi connectivity index (χ0) is 20.5. The molecule has 0 aliphatic heterocycles. The third-order valence-electron chi connectivity index (χ3n) is 5.25. The van der Waals surface area contributed by atoms with Gasteiger partial charge in [0.25, 0.3) is 0 Å². The second-order valence-corrected chi connectivity index (χ2v) is 7.94. The minimum absolute atomic E-state index is 0.158. The Labute approximate surface area is 170 Å². The molecule has 0 aliphatic carbocycles. The second kappa shape index (κ2) is 11.0. The van der Waals surface area contributed by atoms with Crippen molar-refractivity contribution in [3.63, 3.8) is 0 Å². The third-order valence-corrected chi connectivity index (χ3v) is 5.25. The number of esters is 1. The zero-order valence-electron chi connectivity index (χ0n) is 18.0. The normalized spacial score (nSPS) is 12.6. The van der Waals surface area contributed by atoms with E-state index < -0.39 is 0 Å². The van der Waals surface area contributed by atoms with Crippen LogP contribution in [0.25, 0.3) is 0 Å². The fourth-order valence-corrected chi connectivity index (χ4v) is 3.77. The van der Waals surface area contributed by atoms with E-state index in [9.17, 15) is 4.79 Å². The van der Waals surface area contributed by atoms with Crippen molar-refractivity contribution in [3.8, 4) is 0 Å². The van der Waals surface area contributed by atoms with Crippen LogP contribution < -0.4 is 0 Å². The van der Waals surface area contributed by atoms with Gasteiger partial charge < -0.3 is 4.74 Å². The number of carbonyl (C=O) groups is 1. The zero-order valence-corrected chi connectivity index (χ0v) is 18.0. The molecule has 152 valence electrons. The first-order valence-electron chi connectivity index (χ1n) is 10.5. The van der Waals surface area contributed by atoms with E-state index >= 15 is 0 Å². The molecule has 0 saturated heterocycles. The maximum absolute atomic E-state index is 11.5. The Morgan fingerprint density at radius 2 is 1.57 bits per heavy atom. The van der Waals surface area contributed by atoms with Crippen molar-refractivity contribution in [2.24, 2.45) is 0 Å². The lowest BCUT2D eigenvalue weighted by Gasteiger charge is -2.32. The summed E-state index contributed by atoms with van der Waals surface area (Å²) in [5.41, 5.74) is 3.66. The molecule has 1 unspecified atom stereocenters. The van der Waals surface area contributed by atoms with Crippen molar-refractivity contribution < 1.29 is 9.53 Å². The summed E-state index contributed by atoms with van der Waals surface area (Å²) in [5, 5.41) is 0. The van der Waals surface area contributed by atoms with Crippen LogP contribution in [0.1, 0.15) is 70.1 Å². The van der Waals surface area contributed by atoms with E-state index in [1.165, 1.54) is 11.1 Å². The second-order valence-electron chi connectivity index (χ2n) is 7.94. The SMILES string of the molecule is CCC(=O)OCc1cccc(C(CCN(C(C)C)C(C)C)c2ccccc2)c1. The van der Waals surface area contributed by atoms with Gasteiger partial charge in [0.05, 0.1) is 0 Å². The topological polar surface area (TPSA) is 29.5 Å². The monoisotopic (exact) mass is 381 g/mol. The van der Waals surface area contributed by atoms with E-state index in [1.54, 1.807) is 0 Å². The summed E-state index contributed by atoms with van der Waals surface area (Å²) in [6.45, 7) is 12.3. The quantitative estimate of drug-likeness (QED) is 0.489. The van der Waals surface area contributed by atoms with E-state index in [0.29, 0.717) is 31.0 Å². The van der Waals surface area contributed by atoms with Gasteiger partial charge in [-0.25, -0.2) is 0 Å². The standard InChI is InChI=1S/C25H35NO2/c1-6-25(27)28-18-21-11-10-14-23(17-21)24(22-12-8-7-9-13-22)15-16-26(19(2)3)20(4)5/h7-14,17,19-20,24H,6,15-16,18H2,1-5H3. The highest BCUT2D eigenvalue weighted by Gasteiger charge is 2.19. The van der Waals surface area contributed by atoms with Gasteiger partial charge in [-0.1, -0.05) is 61.5 Å². The Hall–Kier alpha value is -2.13. The molecular weight excluding hydrogens is 346 g/mol. The van der Waals surface area contributed by atoms with Crippen molar-refractivity contribution in [2.45, 2.75) is 72.1 Å². The molecule has 0 heterocycles. The number of benzene rings is 2. The van der Waals surface area contributed by atoms with Gasteiger partial charge in [-0.15, -0.1) is 0 Å². The van der Waals surface area contributed by atoms with Crippen LogP contribution in [-0.4, -0.2) is 29.5 Å². The summed E-state index contributed by atoms with van der Waals surface area (Å²) in [5.74, 6) is 0.164. The fourth-order valence-electron chi connectivity index (χ4n) is 3.77. The van der Waals surface area contributed by atoms with Crippen molar-refractivity contribution in [1.82, 2.24) is 4.90 Å². The van der Waals surface area contributed by atoms with Crippen molar-refractivity contribution in [2.75, 3.05) is 6.54 Å². The van der Waals surface area contributed by atoms with E-state index in [-0.39, 0.29) is 5.97 Å². The van der Waals surface area contributed by atoms with Gasteiger partial charge in [-0.2, -0.15) is 0 Å². The van der Waals surface area contributed by atoms with E-state index in [2.05, 4.69) is 81.1 Å². The molecule has 2 aromatic carbocycles. The minimum Gasteiger partial charge on any atom is -0.461 e. The molecule has 0 radical (unpaired) electrons. The summed E-state index contributed by atoms with van der Waals surface area (Å²) in [7, 11) is 0. The summed E-state index contributed by atoms with van der Waals surface area (Å²) in [6.07, 6.45) is 1.46. The predicted octanol–water partition coefficient (Wildman–Crippen LogP) is 5.78. The van der Waals surface area contributed by atoms with Gasteiger partial charge in [-0.05, 0) is 57.4 Å². The molecule has 0 aliphatic rings. The van der Waals surface area contributed by atoms with Gasteiger partial charge in [0.1, 0.15) is 6.61 Å². The molecule has 1 atom stereocenters. The summed E-state index contributed by atoms with van der Waals surface area (Å²) in [4.78, 5) is 14.0. The van der Waals surface area contributed by atoms with Crippen LogP contribution in [0.5, 0.6) is 0 Å².